The van der Waals surface area contributed by atoms with Gasteiger partial charge in [0.25, 0.3) is 10.0 Å². The van der Waals surface area contributed by atoms with E-state index in [1.807, 2.05) is 12.3 Å². The fourth-order valence-corrected chi connectivity index (χ4v) is 4.31. The molecule has 0 radical (unpaired) electrons. The van der Waals surface area contributed by atoms with Crippen molar-refractivity contribution in [3.05, 3.63) is 40.9 Å². The molecule has 1 aliphatic rings. The van der Waals surface area contributed by atoms with Gasteiger partial charge in [0.15, 0.2) is 5.13 Å². The Morgan fingerprint density at radius 2 is 1.96 bits per heavy atom. The number of rotatable bonds is 7. The van der Waals surface area contributed by atoms with E-state index in [0.29, 0.717) is 18.9 Å². The summed E-state index contributed by atoms with van der Waals surface area (Å²) in [6.45, 7) is 4.86. The Kier molecular flexibility index (Phi) is 6.42. The van der Waals surface area contributed by atoms with Gasteiger partial charge in [0, 0.05) is 18.5 Å². The number of aromatic nitrogens is 1. The standard InChI is InChI=1S/C17H22N4O4S2/c1-2-13-3-5-15(6-4-13)27(23,24)20-19-16(22)11-14-12-26-17(18-14)21-7-9-25-10-8-21/h3-6,12,20H,2,7-11H2,1H3,(H,19,22). The van der Waals surface area contributed by atoms with Crippen molar-refractivity contribution >= 4 is 32.4 Å². The Labute approximate surface area is 162 Å². The maximum absolute atomic E-state index is 12.2. The first-order chi connectivity index (χ1) is 13.0. The smallest absolute Gasteiger partial charge is 0.257 e. The number of hydrazine groups is 1. The molecular weight excluding hydrogens is 388 g/mol. The predicted molar refractivity (Wildman–Crippen MR) is 103 cm³/mol. The van der Waals surface area contributed by atoms with Crippen LogP contribution in [-0.2, 0) is 32.4 Å². The number of morpholine rings is 1. The molecule has 1 aromatic carbocycles. The number of hydrogen-bond donors (Lipinski definition) is 2. The van der Waals surface area contributed by atoms with E-state index in [2.05, 4.69) is 20.1 Å². The van der Waals surface area contributed by atoms with Gasteiger partial charge >= 0.3 is 0 Å². The number of nitrogens with zero attached hydrogens (tertiary/aromatic N) is 2. The molecule has 1 amide bonds. The van der Waals surface area contributed by atoms with Crippen LogP contribution in [0, 0.1) is 0 Å². The third-order valence-electron chi connectivity index (χ3n) is 4.13. The molecule has 2 heterocycles. The summed E-state index contributed by atoms with van der Waals surface area (Å²) in [5.41, 5.74) is 3.88. The molecule has 0 spiro atoms. The van der Waals surface area contributed by atoms with E-state index >= 15 is 0 Å². The van der Waals surface area contributed by atoms with Crippen molar-refractivity contribution in [3.63, 3.8) is 0 Å². The van der Waals surface area contributed by atoms with Crippen LogP contribution in [0.5, 0.6) is 0 Å². The van der Waals surface area contributed by atoms with Gasteiger partial charge in [0.2, 0.25) is 5.91 Å². The first-order valence-electron chi connectivity index (χ1n) is 8.64. The summed E-state index contributed by atoms with van der Waals surface area (Å²) < 4.78 is 29.8. The third kappa shape index (κ3) is 5.25. The fourth-order valence-electron chi connectivity index (χ4n) is 2.57. The van der Waals surface area contributed by atoms with Gasteiger partial charge in [-0.15, -0.1) is 16.2 Å². The number of thiazole rings is 1. The Bertz CT molecular complexity index is 875. The molecule has 2 N–H and O–H groups in total. The van der Waals surface area contributed by atoms with E-state index in [0.717, 1.165) is 30.2 Å². The van der Waals surface area contributed by atoms with Gasteiger partial charge in [-0.05, 0) is 24.1 Å². The van der Waals surface area contributed by atoms with Crippen molar-refractivity contribution in [2.75, 3.05) is 31.2 Å². The van der Waals surface area contributed by atoms with Gasteiger partial charge in [-0.2, -0.15) is 0 Å². The minimum atomic E-state index is -3.81. The quantitative estimate of drug-likeness (QED) is 0.663. The van der Waals surface area contributed by atoms with Crippen molar-refractivity contribution < 1.29 is 17.9 Å². The molecule has 1 fully saturated rings. The van der Waals surface area contributed by atoms with E-state index in [1.165, 1.54) is 23.5 Å². The Morgan fingerprint density at radius 3 is 2.63 bits per heavy atom. The van der Waals surface area contributed by atoms with Crippen LogP contribution in [0.2, 0.25) is 0 Å². The Balaban J connectivity index is 1.53. The predicted octanol–water partition coefficient (Wildman–Crippen LogP) is 1.09. The highest BCUT2D eigenvalue weighted by atomic mass is 32.2. The second kappa shape index (κ2) is 8.79. The number of carbonyl (C=O) groups is 1. The summed E-state index contributed by atoms with van der Waals surface area (Å²) in [5.74, 6) is -0.470. The SMILES string of the molecule is CCc1ccc(S(=O)(=O)NNC(=O)Cc2csc(N3CCOCC3)n2)cc1. The Morgan fingerprint density at radius 1 is 1.26 bits per heavy atom. The van der Waals surface area contributed by atoms with Crippen molar-refractivity contribution in [1.82, 2.24) is 15.2 Å². The first kappa shape index (κ1) is 19.7. The largest absolute Gasteiger partial charge is 0.378 e. The average molecular weight is 411 g/mol. The van der Waals surface area contributed by atoms with E-state index in [4.69, 9.17) is 4.74 Å². The number of carbonyl (C=O) groups excluding carboxylic acids is 1. The zero-order chi connectivity index (χ0) is 19.3. The highest BCUT2D eigenvalue weighted by Gasteiger charge is 2.18. The second-order valence-corrected chi connectivity index (χ2v) is 8.57. The molecule has 0 aliphatic carbocycles. The summed E-state index contributed by atoms with van der Waals surface area (Å²) in [4.78, 5) is 20.8. The van der Waals surface area contributed by atoms with Crippen LogP contribution in [-0.4, -0.2) is 45.6 Å². The van der Waals surface area contributed by atoms with Crippen LogP contribution in [0.25, 0.3) is 0 Å². The van der Waals surface area contributed by atoms with E-state index < -0.39 is 15.9 Å². The van der Waals surface area contributed by atoms with Crippen LogP contribution in [0.15, 0.2) is 34.5 Å². The van der Waals surface area contributed by atoms with Crippen molar-refractivity contribution in [2.24, 2.45) is 0 Å². The van der Waals surface area contributed by atoms with Crippen LogP contribution >= 0.6 is 11.3 Å². The third-order valence-corrected chi connectivity index (χ3v) is 6.34. The molecule has 0 unspecified atom stereocenters. The molecular formula is C17H22N4O4S2. The molecule has 0 saturated carbocycles. The highest BCUT2D eigenvalue weighted by molar-refractivity contribution is 7.89. The van der Waals surface area contributed by atoms with Crippen molar-refractivity contribution in [2.45, 2.75) is 24.7 Å². The van der Waals surface area contributed by atoms with Gasteiger partial charge in [0.1, 0.15) is 0 Å². The summed E-state index contributed by atoms with van der Waals surface area (Å²) in [7, 11) is -3.81. The Hall–Kier alpha value is -2.01. The van der Waals surface area contributed by atoms with Gasteiger partial charge < -0.3 is 9.64 Å². The normalized spacial score (nSPS) is 14.9. The topological polar surface area (TPSA) is 101 Å². The monoisotopic (exact) mass is 410 g/mol. The summed E-state index contributed by atoms with van der Waals surface area (Å²) in [6.07, 6.45) is 0.822. The lowest BCUT2D eigenvalue weighted by atomic mass is 10.2. The minimum absolute atomic E-state index is 0.00185. The molecule has 0 bridgehead atoms. The highest BCUT2D eigenvalue weighted by Crippen LogP contribution is 2.21. The fraction of sp³-hybridized carbons (Fsp3) is 0.412. The minimum Gasteiger partial charge on any atom is -0.378 e. The van der Waals surface area contributed by atoms with Gasteiger partial charge in [-0.3, -0.25) is 10.2 Å². The number of hydrogen-bond acceptors (Lipinski definition) is 7. The molecule has 10 heteroatoms. The van der Waals surface area contributed by atoms with Gasteiger partial charge in [-0.1, -0.05) is 19.1 Å². The summed E-state index contributed by atoms with van der Waals surface area (Å²) >= 11 is 1.46. The number of ether oxygens (including phenoxy) is 1. The van der Waals surface area contributed by atoms with Crippen LogP contribution in [0.1, 0.15) is 18.2 Å². The molecule has 1 saturated heterocycles. The van der Waals surface area contributed by atoms with Crippen LogP contribution in [0.4, 0.5) is 5.13 Å². The number of anilines is 1. The molecule has 1 aromatic heterocycles. The number of benzene rings is 1. The molecule has 8 nitrogen and oxygen atoms in total. The van der Waals surface area contributed by atoms with E-state index in [1.54, 1.807) is 12.1 Å². The maximum atomic E-state index is 12.2. The summed E-state index contributed by atoms with van der Waals surface area (Å²) in [6, 6.07) is 6.53. The van der Waals surface area contributed by atoms with E-state index in [-0.39, 0.29) is 11.3 Å². The van der Waals surface area contributed by atoms with Crippen molar-refractivity contribution in [1.29, 1.82) is 0 Å². The van der Waals surface area contributed by atoms with Gasteiger partial charge in [-0.25, -0.2) is 13.4 Å². The maximum Gasteiger partial charge on any atom is 0.257 e. The number of aryl methyl sites for hydroxylation is 1. The lowest BCUT2D eigenvalue weighted by molar-refractivity contribution is -0.120. The lowest BCUT2D eigenvalue weighted by Crippen LogP contribution is -2.42. The molecule has 2 aromatic rings. The van der Waals surface area contributed by atoms with Crippen LogP contribution < -0.4 is 15.2 Å². The molecule has 27 heavy (non-hydrogen) atoms. The number of sulfonamides is 1. The zero-order valence-electron chi connectivity index (χ0n) is 15.0. The second-order valence-electron chi connectivity index (χ2n) is 6.05. The van der Waals surface area contributed by atoms with Gasteiger partial charge in [0.05, 0.1) is 30.2 Å². The van der Waals surface area contributed by atoms with Crippen molar-refractivity contribution in [3.8, 4) is 0 Å². The molecule has 146 valence electrons. The molecule has 0 atom stereocenters. The first-order valence-corrected chi connectivity index (χ1v) is 11.0. The van der Waals surface area contributed by atoms with E-state index in [9.17, 15) is 13.2 Å². The molecule has 3 rings (SSSR count). The lowest BCUT2D eigenvalue weighted by Gasteiger charge is -2.26. The molecule has 1 aliphatic heterocycles. The number of amides is 1. The summed E-state index contributed by atoms with van der Waals surface area (Å²) in [5, 5.41) is 2.65. The number of nitrogens with one attached hydrogen (secondary N) is 2. The average Bonchev–Trinajstić information content (AvgIpc) is 3.16. The zero-order valence-corrected chi connectivity index (χ0v) is 16.6. The van der Waals surface area contributed by atoms with Crippen LogP contribution in [0.3, 0.4) is 0 Å².